The molecule has 0 aromatic heterocycles. The molecule has 0 aliphatic heterocycles. The molecule has 1 atom stereocenters. The molecule has 6 nitrogen and oxygen atoms in total. The van der Waals surface area contributed by atoms with Crippen LogP contribution in [-0.4, -0.2) is 26.5 Å². The average molecular weight is 353 g/mol. The predicted octanol–water partition coefficient (Wildman–Crippen LogP) is 3.06. The molecule has 0 aliphatic carbocycles. The van der Waals surface area contributed by atoms with Crippen molar-refractivity contribution in [2.24, 2.45) is 0 Å². The van der Waals surface area contributed by atoms with E-state index >= 15 is 0 Å². The Hall–Kier alpha value is -1.97. The van der Waals surface area contributed by atoms with Gasteiger partial charge in [0.2, 0.25) is 0 Å². The van der Waals surface area contributed by atoms with Gasteiger partial charge in [-0.1, -0.05) is 0 Å². The van der Waals surface area contributed by atoms with E-state index in [9.17, 15) is 32.3 Å². The Kier molecular flexibility index (Phi) is 5.51. The molecule has 0 bridgehead atoms. The van der Waals surface area contributed by atoms with Gasteiger partial charge in [-0.15, -0.1) is 0 Å². The van der Waals surface area contributed by atoms with Gasteiger partial charge in [-0.2, -0.15) is 13.2 Å². The van der Waals surface area contributed by atoms with Gasteiger partial charge in [-0.25, -0.2) is 0 Å². The van der Waals surface area contributed by atoms with Crippen molar-refractivity contribution in [1.29, 1.82) is 0 Å². The number of nitrogens with zero attached hydrogens (tertiary/aromatic N) is 1. The first kappa shape index (κ1) is 19.1. The standard InChI is InChI=1S/C13H14F3NO5S/c1-12(2,3)22-11(18)7-23(21)10-5-4-8(13(14,15)16)6-9(10)17(19)20/h4-6H,7H2,1-3H3. The number of nitro groups is 1. The van der Waals surface area contributed by atoms with E-state index < -0.39 is 55.4 Å². The minimum Gasteiger partial charge on any atom is -0.459 e. The van der Waals surface area contributed by atoms with Crippen LogP contribution in [0.5, 0.6) is 0 Å². The number of carbonyl (C=O) groups excluding carboxylic acids is 1. The van der Waals surface area contributed by atoms with E-state index in [1.807, 2.05) is 0 Å². The van der Waals surface area contributed by atoms with Gasteiger partial charge < -0.3 is 4.74 Å². The zero-order valence-electron chi connectivity index (χ0n) is 12.5. The zero-order valence-corrected chi connectivity index (χ0v) is 13.3. The number of benzene rings is 1. The monoisotopic (exact) mass is 353 g/mol. The van der Waals surface area contributed by atoms with E-state index in [4.69, 9.17) is 4.74 Å². The van der Waals surface area contributed by atoms with E-state index in [-0.39, 0.29) is 0 Å². The summed E-state index contributed by atoms with van der Waals surface area (Å²) >= 11 is 0. The van der Waals surface area contributed by atoms with E-state index in [0.29, 0.717) is 12.1 Å². The lowest BCUT2D eigenvalue weighted by atomic mass is 10.2. The third-order valence-corrected chi connectivity index (χ3v) is 3.73. The molecule has 0 fully saturated rings. The number of alkyl halides is 3. The van der Waals surface area contributed by atoms with Gasteiger partial charge in [0.05, 0.1) is 21.3 Å². The molecule has 0 radical (unpaired) electrons. The summed E-state index contributed by atoms with van der Waals surface area (Å²) in [5, 5.41) is 10.9. The largest absolute Gasteiger partial charge is 0.459 e. The molecular formula is C13H14F3NO5S. The maximum absolute atomic E-state index is 12.6. The van der Waals surface area contributed by atoms with Crippen molar-refractivity contribution in [3.05, 3.63) is 33.9 Å². The number of hydrogen-bond donors (Lipinski definition) is 0. The van der Waals surface area contributed by atoms with Crippen LogP contribution in [-0.2, 0) is 26.5 Å². The van der Waals surface area contributed by atoms with E-state index in [1.165, 1.54) is 0 Å². The fourth-order valence-corrected chi connectivity index (χ4v) is 2.60. The summed E-state index contributed by atoms with van der Waals surface area (Å²) < 4.78 is 54.7. The summed E-state index contributed by atoms with van der Waals surface area (Å²) in [4.78, 5) is 21.0. The van der Waals surface area contributed by atoms with Crippen LogP contribution in [0.3, 0.4) is 0 Å². The maximum atomic E-state index is 12.6. The average Bonchev–Trinajstić information content (AvgIpc) is 2.34. The normalized spacial score (nSPS) is 13.5. The Bertz CT molecular complexity index is 652. The van der Waals surface area contributed by atoms with Gasteiger partial charge in [0.15, 0.2) is 0 Å². The second kappa shape index (κ2) is 6.65. The molecule has 0 saturated carbocycles. The minimum absolute atomic E-state index is 0.294. The highest BCUT2D eigenvalue weighted by Gasteiger charge is 2.34. The van der Waals surface area contributed by atoms with Crippen molar-refractivity contribution in [3.63, 3.8) is 0 Å². The number of nitro benzene ring substituents is 1. The van der Waals surface area contributed by atoms with Gasteiger partial charge in [-0.3, -0.25) is 19.1 Å². The van der Waals surface area contributed by atoms with Crippen LogP contribution in [0.4, 0.5) is 18.9 Å². The molecule has 128 valence electrons. The van der Waals surface area contributed by atoms with Gasteiger partial charge in [0, 0.05) is 6.07 Å². The van der Waals surface area contributed by atoms with Crippen molar-refractivity contribution < 1.29 is 31.8 Å². The van der Waals surface area contributed by atoms with E-state index in [1.54, 1.807) is 20.8 Å². The van der Waals surface area contributed by atoms with Crippen LogP contribution < -0.4 is 0 Å². The number of hydrogen-bond acceptors (Lipinski definition) is 5. The van der Waals surface area contributed by atoms with Crippen molar-refractivity contribution >= 4 is 22.5 Å². The molecule has 0 aliphatic rings. The summed E-state index contributed by atoms with van der Waals surface area (Å²) in [6.07, 6.45) is -4.77. The maximum Gasteiger partial charge on any atom is 0.416 e. The summed E-state index contributed by atoms with van der Waals surface area (Å²) in [6.45, 7) is 4.73. The minimum atomic E-state index is -4.77. The Morgan fingerprint density at radius 3 is 2.30 bits per heavy atom. The molecule has 0 amide bonds. The van der Waals surface area contributed by atoms with Crippen LogP contribution >= 0.6 is 0 Å². The lowest BCUT2D eigenvalue weighted by Crippen LogP contribution is -2.27. The van der Waals surface area contributed by atoms with Crippen molar-refractivity contribution in [3.8, 4) is 0 Å². The van der Waals surface area contributed by atoms with E-state index in [0.717, 1.165) is 6.07 Å². The first-order valence-electron chi connectivity index (χ1n) is 6.27. The molecule has 10 heteroatoms. The second-order valence-corrected chi connectivity index (χ2v) is 6.93. The van der Waals surface area contributed by atoms with Gasteiger partial charge in [-0.05, 0) is 32.9 Å². The number of esters is 1. The van der Waals surface area contributed by atoms with Gasteiger partial charge >= 0.3 is 12.1 Å². The molecule has 1 aromatic carbocycles. The number of carbonyl (C=O) groups is 1. The molecule has 0 saturated heterocycles. The summed E-state index contributed by atoms with van der Waals surface area (Å²) in [7, 11) is -2.20. The number of rotatable bonds is 4. The molecule has 0 spiro atoms. The molecule has 0 heterocycles. The van der Waals surface area contributed by atoms with Crippen LogP contribution in [0, 0.1) is 10.1 Å². The van der Waals surface area contributed by atoms with E-state index in [2.05, 4.69) is 0 Å². The quantitative estimate of drug-likeness (QED) is 0.472. The molecular weight excluding hydrogens is 339 g/mol. The molecule has 1 aromatic rings. The van der Waals surface area contributed by atoms with Crippen LogP contribution in [0.1, 0.15) is 26.3 Å². The van der Waals surface area contributed by atoms with Crippen LogP contribution in [0.25, 0.3) is 0 Å². The first-order chi connectivity index (χ1) is 10.3. The highest BCUT2D eigenvalue weighted by molar-refractivity contribution is 7.85. The third kappa shape index (κ3) is 5.62. The fraction of sp³-hybridized carbons (Fsp3) is 0.462. The third-order valence-electron chi connectivity index (χ3n) is 2.40. The number of halogens is 3. The number of ether oxygens (including phenoxy) is 1. The Morgan fingerprint density at radius 2 is 1.87 bits per heavy atom. The second-order valence-electron chi connectivity index (χ2n) is 5.51. The van der Waals surface area contributed by atoms with Gasteiger partial charge in [0.25, 0.3) is 5.69 Å². The SMILES string of the molecule is CC(C)(C)OC(=O)CS(=O)c1ccc(C(F)(F)F)cc1[N+](=O)[O-]. The smallest absolute Gasteiger partial charge is 0.416 e. The topological polar surface area (TPSA) is 86.5 Å². The summed E-state index contributed by atoms with van der Waals surface area (Å²) in [6, 6.07) is 1.61. The van der Waals surface area contributed by atoms with Crippen molar-refractivity contribution in [2.75, 3.05) is 5.75 Å². The lowest BCUT2D eigenvalue weighted by Gasteiger charge is -2.19. The van der Waals surface area contributed by atoms with Crippen molar-refractivity contribution in [1.82, 2.24) is 0 Å². The highest BCUT2D eigenvalue weighted by Crippen LogP contribution is 2.34. The Morgan fingerprint density at radius 1 is 1.30 bits per heavy atom. The lowest BCUT2D eigenvalue weighted by molar-refractivity contribution is -0.388. The fourth-order valence-electron chi connectivity index (χ4n) is 1.58. The first-order valence-corrected chi connectivity index (χ1v) is 7.59. The highest BCUT2D eigenvalue weighted by atomic mass is 32.2. The molecule has 1 rings (SSSR count). The molecule has 1 unspecified atom stereocenters. The summed E-state index contributed by atoms with van der Waals surface area (Å²) in [5.41, 5.74) is -3.03. The summed E-state index contributed by atoms with van der Waals surface area (Å²) in [5.74, 6) is -1.56. The predicted molar refractivity (Wildman–Crippen MR) is 75.2 cm³/mol. The zero-order chi connectivity index (χ0) is 18.0. The van der Waals surface area contributed by atoms with Crippen molar-refractivity contribution in [2.45, 2.75) is 37.4 Å². The van der Waals surface area contributed by atoms with Crippen LogP contribution in [0.2, 0.25) is 0 Å². The Labute approximate surface area is 132 Å². The van der Waals surface area contributed by atoms with Gasteiger partial charge in [0.1, 0.15) is 16.2 Å². The van der Waals surface area contributed by atoms with Crippen LogP contribution in [0.15, 0.2) is 23.1 Å². The molecule has 23 heavy (non-hydrogen) atoms. The molecule has 0 N–H and O–H groups in total. The Balaban J connectivity index is 3.10.